The van der Waals surface area contributed by atoms with Crippen LogP contribution in [-0.4, -0.2) is 26.9 Å². The van der Waals surface area contributed by atoms with Gasteiger partial charge in [-0.15, -0.1) is 11.3 Å². The normalized spacial score (nSPS) is 14.1. The Bertz CT molecular complexity index is 1130. The SMILES string of the molecule is CCN(C(=O)Cn1cnc2scc(-c3ccc(F)cc3)c2c1=O)C1=CCCCC1. The summed E-state index contributed by atoms with van der Waals surface area (Å²) >= 11 is 1.37. The van der Waals surface area contributed by atoms with Crippen LogP contribution >= 0.6 is 11.3 Å². The van der Waals surface area contributed by atoms with Crippen LogP contribution in [0.2, 0.25) is 0 Å². The van der Waals surface area contributed by atoms with Gasteiger partial charge in [0.15, 0.2) is 0 Å². The quantitative estimate of drug-likeness (QED) is 0.618. The molecular formula is C22H22FN3O2S. The van der Waals surface area contributed by atoms with Gasteiger partial charge in [-0.2, -0.15) is 0 Å². The van der Waals surface area contributed by atoms with Gasteiger partial charge in [0.1, 0.15) is 17.2 Å². The van der Waals surface area contributed by atoms with Gasteiger partial charge in [-0.3, -0.25) is 14.2 Å². The largest absolute Gasteiger partial charge is 0.315 e. The van der Waals surface area contributed by atoms with Crippen molar-refractivity contribution in [3.8, 4) is 11.1 Å². The van der Waals surface area contributed by atoms with Gasteiger partial charge in [-0.05, 0) is 50.3 Å². The Labute approximate surface area is 172 Å². The van der Waals surface area contributed by atoms with Crippen molar-refractivity contribution < 1.29 is 9.18 Å². The number of allylic oxidation sites excluding steroid dienone is 2. The fourth-order valence-corrected chi connectivity index (χ4v) is 4.67. The van der Waals surface area contributed by atoms with E-state index in [9.17, 15) is 14.0 Å². The lowest BCUT2D eigenvalue weighted by Gasteiger charge is -2.26. The van der Waals surface area contributed by atoms with E-state index in [1.54, 1.807) is 17.0 Å². The Morgan fingerprint density at radius 3 is 2.76 bits per heavy atom. The minimum Gasteiger partial charge on any atom is -0.315 e. The zero-order valence-electron chi connectivity index (χ0n) is 16.2. The van der Waals surface area contributed by atoms with Gasteiger partial charge in [0.05, 0.1) is 11.7 Å². The number of aromatic nitrogens is 2. The average molecular weight is 412 g/mol. The van der Waals surface area contributed by atoms with E-state index < -0.39 is 0 Å². The standard InChI is InChI=1S/C22H22FN3O2S/c1-2-26(17-6-4-3-5-7-17)19(27)12-25-14-24-21-20(22(25)28)18(13-29-21)15-8-10-16(23)11-9-15/h6,8-11,13-14H,2-5,7,12H2,1H3. The van der Waals surface area contributed by atoms with Gasteiger partial charge >= 0.3 is 0 Å². The molecular weight excluding hydrogens is 389 g/mol. The fraction of sp³-hybridized carbons (Fsp3) is 0.318. The summed E-state index contributed by atoms with van der Waals surface area (Å²) < 4.78 is 14.6. The summed E-state index contributed by atoms with van der Waals surface area (Å²) in [4.78, 5) is 32.8. The topological polar surface area (TPSA) is 55.2 Å². The summed E-state index contributed by atoms with van der Waals surface area (Å²) in [5, 5.41) is 2.32. The van der Waals surface area contributed by atoms with Crippen molar-refractivity contribution >= 4 is 27.5 Å². The molecule has 2 heterocycles. The summed E-state index contributed by atoms with van der Waals surface area (Å²) in [5.74, 6) is -0.437. The molecule has 150 valence electrons. The first-order valence-electron chi connectivity index (χ1n) is 9.80. The van der Waals surface area contributed by atoms with Crippen molar-refractivity contribution in [1.29, 1.82) is 0 Å². The molecule has 4 rings (SSSR count). The van der Waals surface area contributed by atoms with Crippen molar-refractivity contribution in [3.05, 3.63) is 63.9 Å². The van der Waals surface area contributed by atoms with Crippen LogP contribution in [0.25, 0.3) is 21.3 Å². The molecule has 1 amide bonds. The predicted molar refractivity (Wildman–Crippen MR) is 113 cm³/mol. The highest BCUT2D eigenvalue weighted by Crippen LogP contribution is 2.30. The summed E-state index contributed by atoms with van der Waals surface area (Å²) in [5.41, 5.74) is 2.26. The first-order chi connectivity index (χ1) is 14.1. The third-order valence-electron chi connectivity index (χ3n) is 5.25. The number of nitrogens with zero attached hydrogens (tertiary/aromatic N) is 3. The molecule has 5 nitrogen and oxygen atoms in total. The molecule has 0 saturated carbocycles. The van der Waals surface area contributed by atoms with Crippen molar-refractivity contribution in [2.24, 2.45) is 0 Å². The lowest BCUT2D eigenvalue weighted by atomic mass is 10.0. The maximum Gasteiger partial charge on any atom is 0.263 e. The number of thiophene rings is 1. The Morgan fingerprint density at radius 1 is 1.28 bits per heavy atom. The van der Waals surface area contributed by atoms with Gasteiger partial charge < -0.3 is 4.90 Å². The molecule has 0 N–H and O–H groups in total. The second kappa shape index (κ2) is 8.29. The average Bonchev–Trinajstić information content (AvgIpc) is 3.17. The van der Waals surface area contributed by atoms with Crippen LogP contribution in [-0.2, 0) is 11.3 Å². The van der Waals surface area contributed by atoms with E-state index in [4.69, 9.17) is 0 Å². The first-order valence-corrected chi connectivity index (χ1v) is 10.7. The van der Waals surface area contributed by atoms with Gasteiger partial charge in [-0.25, -0.2) is 9.37 Å². The third-order valence-corrected chi connectivity index (χ3v) is 6.14. The van der Waals surface area contributed by atoms with Crippen LogP contribution in [0.4, 0.5) is 4.39 Å². The second-order valence-corrected chi connectivity index (χ2v) is 7.95. The molecule has 0 bridgehead atoms. The van der Waals surface area contributed by atoms with E-state index in [0.29, 0.717) is 22.3 Å². The summed E-state index contributed by atoms with van der Waals surface area (Å²) in [6.07, 6.45) is 7.68. The maximum atomic E-state index is 13.3. The molecule has 29 heavy (non-hydrogen) atoms. The predicted octanol–water partition coefficient (Wildman–Crippen LogP) is 4.57. The van der Waals surface area contributed by atoms with Crippen molar-refractivity contribution in [3.63, 3.8) is 0 Å². The van der Waals surface area contributed by atoms with Crippen LogP contribution in [0.15, 0.2) is 52.5 Å². The molecule has 0 aliphatic heterocycles. The number of hydrogen-bond acceptors (Lipinski definition) is 4. The molecule has 0 saturated heterocycles. The van der Waals surface area contributed by atoms with E-state index in [-0.39, 0.29) is 23.8 Å². The Balaban J connectivity index is 1.68. The highest BCUT2D eigenvalue weighted by molar-refractivity contribution is 7.17. The number of halogens is 1. The molecule has 0 spiro atoms. The molecule has 2 aromatic heterocycles. The number of carbonyl (C=O) groups excluding carboxylic acids is 1. The lowest BCUT2D eigenvalue weighted by Crippen LogP contribution is -2.36. The highest BCUT2D eigenvalue weighted by atomic mass is 32.1. The van der Waals surface area contributed by atoms with E-state index in [1.807, 2.05) is 12.3 Å². The Hall–Kier alpha value is -2.80. The molecule has 1 aromatic carbocycles. The smallest absolute Gasteiger partial charge is 0.263 e. The minimum absolute atomic E-state index is 0.0499. The van der Waals surface area contributed by atoms with E-state index in [2.05, 4.69) is 11.1 Å². The molecule has 1 aliphatic rings. The molecule has 3 aromatic rings. The molecule has 0 radical (unpaired) electrons. The zero-order chi connectivity index (χ0) is 20.4. The monoisotopic (exact) mass is 411 g/mol. The fourth-order valence-electron chi connectivity index (χ4n) is 3.76. The zero-order valence-corrected chi connectivity index (χ0v) is 17.0. The number of likely N-dealkylation sites (N-methyl/N-ethyl adjacent to an activating group) is 1. The summed E-state index contributed by atoms with van der Waals surface area (Å²) in [7, 11) is 0. The molecule has 0 unspecified atom stereocenters. The van der Waals surface area contributed by atoms with Crippen molar-refractivity contribution in [2.45, 2.75) is 39.2 Å². The number of carbonyl (C=O) groups is 1. The van der Waals surface area contributed by atoms with Crippen LogP contribution in [0.1, 0.15) is 32.6 Å². The number of amides is 1. The second-order valence-electron chi connectivity index (χ2n) is 7.09. The maximum absolute atomic E-state index is 13.3. The van der Waals surface area contributed by atoms with Crippen LogP contribution in [0, 0.1) is 5.82 Å². The molecule has 7 heteroatoms. The van der Waals surface area contributed by atoms with Gasteiger partial charge in [-0.1, -0.05) is 18.2 Å². The Kier molecular flexibility index (Phi) is 5.58. The van der Waals surface area contributed by atoms with Gasteiger partial charge in [0.25, 0.3) is 5.56 Å². The van der Waals surface area contributed by atoms with E-state index in [0.717, 1.165) is 36.9 Å². The van der Waals surface area contributed by atoms with Crippen LogP contribution in [0.5, 0.6) is 0 Å². The number of hydrogen-bond donors (Lipinski definition) is 0. The lowest BCUT2D eigenvalue weighted by molar-refractivity contribution is -0.130. The van der Waals surface area contributed by atoms with Crippen LogP contribution < -0.4 is 5.56 Å². The summed E-state index contributed by atoms with van der Waals surface area (Å²) in [6, 6.07) is 6.03. The molecule has 0 fully saturated rings. The Morgan fingerprint density at radius 2 is 2.07 bits per heavy atom. The number of rotatable bonds is 5. The van der Waals surface area contributed by atoms with Gasteiger partial charge in [0.2, 0.25) is 5.91 Å². The molecule has 1 aliphatic carbocycles. The highest BCUT2D eigenvalue weighted by Gasteiger charge is 2.20. The van der Waals surface area contributed by atoms with Crippen molar-refractivity contribution in [2.75, 3.05) is 6.54 Å². The third kappa shape index (κ3) is 3.87. The van der Waals surface area contributed by atoms with Crippen LogP contribution in [0.3, 0.4) is 0 Å². The van der Waals surface area contributed by atoms with Crippen molar-refractivity contribution in [1.82, 2.24) is 14.5 Å². The first kappa shape index (κ1) is 19.5. The summed E-state index contributed by atoms with van der Waals surface area (Å²) in [6.45, 7) is 2.48. The minimum atomic E-state index is -0.328. The number of benzene rings is 1. The molecule has 0 atom stereocenters. The van der Waals surface area contributed by atoms with Gasteiger partial charge in [0, 0.05) is 23.2 Å². The van der Waals surface area contributed by atoms with E-state index in [1.165, 1.54) is 34.4 Å². The van der Waals surface area contributed by atoms with E-state index >= 15 is 0 Å². The number of fused-ring (bicyclic) bond motifs is 1.